The van der Waals surface area contributed by atoms with Gasteiger partial charge in [-0.15, -0.1) is 11.3 Å². The molecule has 2 nitrogen and oxygen atoms in total. The minimum atomic E-state index is -1.52. The van der Waals surface area contributed by atoms with Gasteiger partial charge in [-0.2, -0.15) is 0 Å². The Labute approximate surface area is 72.2 Å². The highest BCUT2D eigenvalue weighted by Gasteiger charge is 2.18. The lowest BCUT2D eigenvalue weighted by Gasteiger charge is -1.91. The maximum absolute atomic E-state index is 8.64. The molecule has 0 spiro atoms. The van der Waals surface area contributed by atoms with E-state index in [1.54, 1.807) is 0 Å². The zero-order valence-electron chi connectivity index (χ0n) is 4.71. The van der Waals surface area contributed by atoms with E-state index in [-0.39, 0.29) is 4.78 Å². The Hall–Kier alpha value is 0.265. The van der Waals surface area contributed by atoms with Crippen LogP contribution in [0.5, 0.6) is 0 Å². The summed E-state index contributed by atoms with van der Waals surface area (Å²) in [4.78, 5) is 0. The van der Waals surface area contributed by atoms with Crippen LogP contribution in [0.15, 0.2) is 6.07 Å². The first kappa shape index (κ1) is 8.36. The maximum atomic E-state index is 8.64. The summed E-state index contributed by atoms with van der Waals surface area (Å²) in [6, 6.07) is 1.47. The Balaban J connectivity index is 3.03. The maximum Gasteiger partial charge on any atom is 0.500 e. The van der Waals surface area contributed by atoms with Crippen molar-refractivity contribution in [1.82, 2.24) is 0 Å². The van der Waals surface area contributed by atoms with Crippen molar-refractivity contribution in [2.45, 2.75) is 0 Å². The molecule has 0 aliphatic heterocycles. The van der Waals surface area contributed by atoms with Gasteiger partial charge in [0.2, 0.25) is 0 Å². The summed E-state index contributed by atoms with van der Waals surface area (Å²) in [6.45, 7) is 0. The number of thiophene rings is 1. The zero-order chi connectivity index (χ0) is 7.72. The van der Waals surface area contributed by atoms with E-state index in [0.29, 0.717) is 9.36 Å². The predicted octanol–water partition coefficient (Wildman–Crippen LogP) is 0.735. The molecular formula is C4H3BCl2O2S. The molecule has 0 radical (unpaired) electrons. The lowest BCUT2D eigenvalue weighted by Crippen LogP contribution is -2.27. The Morgan fingerprint density at radius 2 is 2.00 bits per heavy atom. The third-order valence-corrected chi connectivity index (χ3v) is 2.65. The monoisotopic (exact) mass is 196 g/mol. The second-order valence-electron chi connectivity index (χ2n) is 1.64. The Bertz CT molecular complexity index is 237. The molecule has 0 aromatic carbocycles. The standard InChI is InChI=1S/C4H3BCl2O2S/c6-2-1-3(7)10-4(2)5(8)9/h1,8-9H. The molecule has 0 bridgehead atoms. The fourth-order valence-corrected chi connectivity index (χ4v) is 1.98. The molecule has 0 atom stereocenters. The Morgan fingerprint density at radius 1 is 1.40 bits per heavy atom. The van der Waals surface area contributed by atoms with Gasteiger partial charge in [-0.05, 0) is 6.07 Å². The van der Waals surface area contributed by atoms with Crippen LogP contribution in [0.25, 0.3) is 0 Å². The minimum Gasteiger partial charge on any atom is -0.423 e. The van der Waals surface area contributed by atoms with Gasteiger partial charge in [0.25, 0.3) is 0 Å². The van der Waals surface area contributed by atoms with Crippen molar-refractivity contribution in [3.8, 4) is 0 Å². The second-order valence-corrected chi connectivity index (χ2v) is 3.76. The molecule has 2 N–H and O–H groups in total. The lowest BCUT2D eigenvalue weighted by atomic mass is 9.90. The van der Waals surface area contributed by atoms with Gasteiger partial charge in [-0.25, -0.2) is 0 Å². The Kier molecular flexibility index (Phi) is 2.60. The highest BCUT2D eigenvalue weighted by molar-refractivity contribution is 7.26. The quantitative estimate of drug-likeness (QED) is 0.651. The molecule has 0 saturated heterocycles. The van der Waals surface area contributed by atoms with Crippen LogP contribution in [-0.4, -0.2) is 17.2 Å². The van der Waals surface area contributed by atoms with Crippen LogP contribution in [0.3, 0.4) is 0 Å². The van der Waals surface area contributed by atoms with Crippen molar-refractivity contribution in [1.29, 1.82) is 0 Å². The van der Waals surface area contributed by atoms with Gasteiger partial charge >= 0.3 is 7.12 Å². The summed E-state index contributed by atoms with van der Waals surface area (Å²) in [7, 11) is -1.52. The number of hydrogen-bond donors (Lipinski definition) is 2. The van der Waals surface area contributed by atoms with Gasteiger partial charge in [0.05, 0.1) is 14.1 Å². The highest BCUT2D eigenvalue weighted by Crippen LogP contribution is 2.21. The largest absolute Gasteiger partial charge is 0.500 e. The molecule has 1 rings (SSSR count). The van der Waals surface area contributed by atoms with Gasteiger partial charge in [-0.1, -0.05) is 23.2 Å². The molecule has 0 aliphatic carbocycles. The fraction of sp³-hybridized carbons (Fsp3) is 0. The average molecular weight is 197 g/mol. The summed E-state index contributed by atoms with van der Waals surface area (Å²) < 4.78 is 0.736. The molecule has 0 amide bonds. The highest BCUT2D eigenvalue weighted by atomic mass is 35.5. The van der Waals surface area contributed by atoms with Crippen molar-refractivity contribution in [3.05, 3.63) is 15.4 Å². The van der Waals surface area contributed by atoms with E-state index in [1.807, 2.05) is 0 Å². The van der Waals surface area contributed by atoms with Crippen molar-refractivity contribution in [3.63, 3.8) is 0 Å². The van der Waals surface area contributed by atoms with Crippen LogP contribution in [-0.2, 0) is 0 Å². The van der Waals surface area contributed by atoms with Crippen LogP contribution in [0.4, 0.5) is 0 Å². The first-order valence-corrected chi connectivity index (χ1v) is 3.99. The molecule has 6 heteroatoms. The summed E-state index contributed by atoms with van der Waals surface area (Å²) in [6.07, 6.45) is 0. The first-order valence-electron chi connectivity index (χ1n) is 2.42. The lowest BCUT2D eigenvalue weighted by molar-refractivity contribution is 0.427. The molecular weight excluding hydrogens is 194 g/mol. The van der Waals surface area contributed by atoms with Crippen LogP contribution in [0.1, 0.15) is 0 Å². The van der Waals surface area contributed by atoms with Crippen LogP contribution in [0, 0.1) is 0 Å². The second kappa shape index (κ2) is 3.11. The van der Waals surface area contributed by atoms with Crippen LogP contribution < -0.4 is 4.78 Å². The summed E-state index contributed by atoms with van der Waals surface area (Å²) in [5.74, 6) is 0. The van der Waals surface area contributed by atoms with E-state index in [0.717, 1.165) is 11.3 Å². The smallest absolute Gasteiger partial charge is 0.423 e. The molecule has 54 valence electrons. The molecule has 0 unspecified atom stereocenters. The summed E-state index contributed by atoms with van der Waals surface area (Å²) >= 11 is 12.1. The molecule has 0 aliphatic rings. The summed E-state index contributed by atoms with van der Waals surface area (Å²) in [5, 5.41) is 17.6. The van der Waals surface area contributed by atoms with Crippen molar-refractivity contribution in [2.24, 2.45) is 0 Å². The summed E-state index contributed by atoms with van der Waals surface area (Å²) in [5.41, 5.74) is 0. The van der Waals surface area contributed by atoms with Crippen LogP contribution >= 0.6 is 34.5 Å². The number of rotatable bonds is 1. The predicted molar refractivity (Wildman–Crippen MR) is 44.2 cm³/mol. The van der Waals surface area contributed by atoms with E-state index in [9.17, 15) is 0 Å². The third kappa shape index (κ3) is 1.65. The van der Waals surface area contributed by atoms with E-state index in [4.69, 9.17) is 33.2 Å². The van der Waals surface area contributed by atoms with Gasteiger partial charge in [0.15, 0.2) is 0 Å². The van der Waals surface area contributed by atoms with Gasteiger partial charge < -0.3 is 10.0 Å². The fourth-order valence-electron chi connectivity index (χ4n) is 0.530. The van der Waals surface area contributed by atoms with E-state index < -0.39 is 7.12 Å². The Morgan fingerprint density at radius 3 is 2.20 bits per heavy atom. The van der Waals surface area contributed by atoms with E-state index in [1.165, 1.54) is 6.07 Å². The molecule has 10 heavy (non-hydrogen) atoms. The van der Waals surface area contributed by atoms with E-state index in [2.05, 4.69) is 0 Å². The molecule has 1 aromatic heterocycles. The SMILES string of the molecule is OB(O)c1sc(Cl)cc1Cl. The van der Waals surface area contributed by atoms with Crippen LogP contribution in [0.2, 0.25) is 9.36 Å². The molecule has 1 heterocycles. The topological polar surface area (TPSA) is 40.5 Å². The van der Waals surface area contributed by atoms with Crippen molar-refractivity contribution in [2.75, 3.05) is 0 Å². The average Bonchev–Trinajstić information content (AvgIpc) is 2.10. The third-order valence-electron chi connectivity index (χ3n) is 0.918. The van der Waals surface area contributed by atoms with Crippen molar-refractivity contribution >= 4 is 46.4 Å². The van der Waals surface area contributed by atoms with Gasteiger partial charge in [-0.3, -0.25) is 0 Å². The molecule has 1 aromatic rings. The van der Waals surface area contributed by atoms with Gasteiger partial charge in [0, 0.05) is 0 Å². The van der Waals surface area contributed by atoms with Gasteiger partial charge in [0.1, 0.15) is 0 Å². The van der Waals surface area contributed by atoms with E-state index >= 15 is 0 Å². The normalized spacial score (nSPS) is 10.0. The van der Waals surface area contributed by atoms with Crippen molar-refractivity contribution < 1.29 is 10.0 Å². The first-order chi connectivity index (χ1) is 4.61. The zero-order valence-corrected chi connectivity index (χ0v) is 7.04. The number of hydrogen-bond acceptors (Lipinski definition) is 3. The number of halogens is 2. The minimum absolute atomic E-state index is 0.284. The molecule has 0 fully saturated rings. The molecule has 0 saturated carbocycles.